The Kier molecular flexibility index (Phi) is 14.6. The van der Waals surface area contributed by atoms with E-state index in [0.717, 1.165) is 81.0 Å². The van der Waals surface area contributed by atoms with Gasteiger partial charge in [0.1, 0.15) is 5.65 Å². The molecule has 10 nitrogen and oxygen atoms in total. The van der Waals surface area contributed by atoms with Crippen molar-refractivity contribution in [3.63, 3.8) is 0 Å². The zero-order valence-electron chi connectivity index (χ0n) is 46.8. The van der Waals surface area contributed by atoms with Gasteiger partial charge in [0, 0.05) is 151 Å². The smallest absolute Gasteiger partial charge is 0.212 e. The molecule has 0 radical (unpaired) electrons. The highest BCUT2D eigenvalue weighted by atomic mass is 19.1. The number of likely N-dealkylation sites (N-methyl/N-ethyl adjacent to an activating group) is 3. The maximum absolute atomic E-state index is 13.1. The number of fused-ring (bicyclic) bond motifs is 9. The van der Waals surface area contributed by atoms with Crippen LogP contribution >= 0.6 is 0 Å². The molecule has 11 heteroatoms. The predicted molar refractivity (Wildman–Crippen MR) is 313 cm³/mol. The summed E-state index contributed by atoms with van der Waals surface area (Å²) in [5.74, 6) is -0.446. The lowest BCUT2D eigenvalue weighted by atomic mass is 9.82. The number of aryl methyl sites for hydroxylation is 5. The summed E-state index contributed by atoms with van der Waals surface area (Å²) in [5, 5.41) is 4.03. The van der Waals surface area contributed by atoms with Crippen LogP contribution in [0.4, 0.5) is 4.39 Å². The summed E-state index contributed by atoms with van der Waals surface area (Å²) in [7, 11) is 6.62. The number of rotatable bonds is 7. The third-order valence-electron chi connectivity index (χ3n) is 16.3. The molecule has 2 aromatic carbocycles. The lowest BCUT2D eigenvalue weighted by Crippen LogP contribution is -2.44. The van der Waals surface area contributed by atoms with Gasteiger partial charge in [-0.05, 0) is 182 Å². The van der Waals surface area contributed by atoms with Crippen LogP contribution in [0.15, 0.2) is 116 Å². The van der Waals surface area contributed by atoms with Gasteiger partial charge in [-0.25, -0.2) is 9.97 Å². The third kappa shape index (κ3) is 10.3. The van der Waals surface area contributed by atoms with Crippen LogP contribution in [0.1, 0.15) is 109 Å². The van der Waals surface area contributed by atoms with Crippen LogP contribution < -0.4 is 0 Å². The molecule has 3 aliphatic rings. The summed E-state index contributed by atoms with van der Waals surface area (Å²) in [6.07, 6.45) is 16.8. The van der Waals surface area contributed by atoms with Crippen molar-refractivity contribution in [3.8, 4) is 0 Å². The average Bonchev–Trinajstić information content (AvgIpc) is 4.16. The van der Waals surface area contributed by atoms with Crippen LogP contribution in [-0.2, 0) is 49.9 Å². The molecule has 0 aliphatic carbocycles. The predicted octanol–water partition coefficient (Wildman–Crippen LogP) is 13.3. The maximum atomic E-state index is 13.1. The van der Waals surface area contributed by atoms with Crippen molar-refractivity contribution in [2.24, 2.45) is 0 Å². The summed E-state index contributed by atoms with van der Waals surface area (Å²) >= 11 is 0. The number of allylic oxidation sites excluding steroid dienone is 2. The molecule has 0 saturated carbocycles. The van der Waals surface area contributed by atoms with Crippen molar-refractivity contribution in [1.82, 2.24) is 48.3 Å². The van der Waals surface area contributed by atoms with Crippen molar-refractivity contribution in [2.45, 2.75) is 112 Å². The van der Waals surface area contributed by atoms with Crippen molar-refractivity contribution in [3.05, 3.63) is 189 Å². The molecule has 0 bridgehead atoms. The van der Waals surface area contributed by atoms with Gasteiger partial charge in [0.05, 0.1) is 11.0 Å². The SMILES string of the molecule is C/C(=C\n1c2c(c3cc(C)ccc31)C(C)(C)N(C)CC2)c1ccncc1.C/C(=C\n1c2c(c3cc(C)ccc31)CN(C)CC2)c1ccc(F)nc1.Cc1ccc(CCn2c3c(c4cccnc42)CN(C)CC3(C)C)cn1. The van der Waals surface area contributed by atoms with Gasteiger partial charge in [-0.3, -0.25) is 14.9 Å². The van der Waals surface area contributed by atoms with E-state index in [9.17, 15) is 4.39 Å². The Hall–Kier alpha value is -7.05. The summed E-state index contributed by atoms with van der Waals surface area (Å²) in [4.78, 5) is 24.4. The highest BCUT2D eigenvalue weighted by Gasteiger charge is 2.37. The summed E-state index contributed by atoms with van der Waals surface area (Å²) in [5.41, 5.74) is 21.9. The molecule has 0 unspecified atom stereocenters. The first-order valence-electron chi connectivity index (χ1n) is 27.0. The second-order valence-corrected chi connectivity index (χ2v) is 22.9. The molecular formula is C65H75FN10. The number of aromatic nitrogens is 7. The van der Waals surface area contributed by atoms with Gasteiger partial charge in [-0.2, -0.15) is 4.39 Å². The molecule has 0 spiro atoms. The zero-order valence-corrected chi connectivity index (χ0v) is 46.8. The van der Waals surface area contributed by atoms with Gasteiger partial charge in [-0.15, -0.1) is 0 Å². The summed E-state index contributed by atoms with van der Waals surface area (Å²) in [6.45, 7) is 26.1. The first-order chi connectivity index (χ1) is 36.4. The molecule has 0 saturated heterocycles. The molecule has 0 fully saturated rings. The zero-order chi connectivity index (χ0) is 53.6. The van der Waals surface area contributed by atoms with E-state index in [2.05, 4.69) is 205 Å². The number of halogens is 1. The second kappa shape index (κ2) is 21.2. The van der Waals surface area contributed by atoms with Crippen LogP contribution in [0.5, 0.6) is 0 Å². The molecule has 76 heavy (non-hydrogen) atoms. The van der Waals surface area contributed by atoms with Gasteiger partial charge < -0.3 is 23.5 Å². The quantitative estimate of drug-likeness (QED) is 0.147. The van der Waals surface area contributed by atoms with E-state index < -0.39 is 5.95 Å². The normalized spacial score (nSPS) is 16.7. The van der Waals surface area contributed by atoms with Crippen LogP contribution in [0.25, 0.3) is 56.4 Å². The Morgan fingerprint density at radius 3 is 2.01 bits per heavy atom. The van der Waals surface area contributed by atoms with Gasteiger partial charge in [0.15, 0.2) is 0 Å². The second-order valence-electron chi connectivity index (χ2n) is 22.9. The first-order valence-corrected chi connectivity index (χ1v) is 27.0. The van der Waals surface area contributed by atoms with E-state index in [1.807, 2.05) is 31.7 Å². The maximum Gasteiger partial charge on any atom is 0.212 e. The fourth-order valence-corrected chi connectivity index (χ4v) is 12.2. The lowest BCUT2D eigenvalue weighted by molar-refractivity contribution is 0.144. The lowest BCUT2D eigenvalue weighted by Gasteiger charge is -2.40. The Labute approximate surface area is 449 Å². The number of benzene rings is 2. The van der Waals surface area contributed by atoms with E-state index in [-0.39, 0.29) is 11.0 Å². The fourth-order valence-electron chi connectivity index (χ4n) is 12.2. The van der Waals surface area contributed by atoms with Crippen LogP contribution in [0.3, 0.4) is 0 Å². The van der Waals surface area contributed by atoms with Gasteiger partial charge in [-0.1, -0.05) is 43.2 Å². The molecule has 0 atom stereocenters. The molecule has 0 amide bonds. The number of hydrogen-bond acceptors (Lipinski definition) is 7. The fraction of sp³-hybridized carbons (Fsp3) is 0.354. The molecule has 12 rings (SSSR count). The summed E-state index contributed by atoms with van der Waals surface area (Å²) in [6, 6.07) is 29.4. The highest BCUT2D eigenvalue weighted by Crippen LogP contribution is 2.43. The molecule has 0 N–H and O–H groups in total. The largest absolute Gasteiger partial charge is 0.328 e. The Bertz CT molecular complexity index is 3630. The highest BCUT2D eigenvalue weighted by molar-refractivity contribution is 5.92. The Balaban J connectivity index is 0.000000130. The molecule has 9 aromatic rings. The van der Waals surface area contributed by atoms with Crippen molar-refractivity contribution in [2.75, 3.05) is 40.8 Å². The Morgan fingerprint density at radius 2 is 1.32 bits per heavy atom. The number of hydrogen-bond donors (Lipinski definition) is 0. The topological polar surface area (TPSA) is 76.1 Å². The van der Waals surface area contributed by atoms with Crippen molar-refractivity contribution < 1.29 is 4.39 Å². The van der Waals surface area contributed by atoms with Crippen LogP contribution in [0.2, 0.25) is 0 Å². The average molecular weight is 1020 g/mol. The van der Waals surface area contributed by atoms with E-state index in [1.54, 1.807) is 12.3 Å². The minimum absolute atomic E-state index is 0.0310. The molecule has 392 valence electrons. The van der Waals surface area contributed by atoms with Gasteiger partial charge in [0.25, 0.3) is 0 Å². The van der Waals surface area contributed by atoms with E-state index in [0.29, 0.717) is 0 Å². The third-order valence-corrected chi connectivity index (χ3v) is 16.3. The number of pyridine rings is 4. The summed E-state index contributed by atoms with van der Waals surface area (Å²) < 4.78 is 20.3. The van der Waals surface area contributed by atoms with Crippen LogP contribution in [-0.4, -0.2) is 89.1 Å². The molecular weight excluding hydrogens is 940 g/mol. The molecule has 10 heterocycles. The van der Waals surface area contributed by atoms with Crippen LogP contribution in [0, 0.1) is 26.7 Å². The monoisotopic (exact) mass is 1010 g/mol. The van der Waals surface area contributed by atoms with Crippen molar-refractivity contribution in [1.29, 1.82) is 0 Å². The first kappa shape index (κ1) is 52.4. The van der Waals surface area contributed by atoms with Crippen molar-refractivity contribution >= 4 is 56.4 Å². The van der Waals surface area contributed by atoms with E-state index in [1.165, 1.54) is 94.9 Å². The van der Waals surface area contributed by atoms with E-state index in [4.69, 9.17) is 4.98 Å². The van der Waals surface area contributed by atoms with Gasteiger partial charge >= 0.3 is 0 Å². The minimum Gasteiger partial charge on any atom is -0.328 e. The minimum atomic E-state index is -0.446. The number of nitrogens with zero attached hydrogens (tertiary/aromatic N) is 10. The Morgan fingerprint density at radius 1 is 0.645 bits per heavy atom. The molecule has 3 aliphatic heterocycles. The molecule has 7 aromatic heterocycles. The standard InChI is InChI=1S/C23H27N3.C21H22FN3.C21H26N4/c1-16-6-7-20-19(14-16)22-21(10-13-25(5)23(22,3)4)26(20)15-17(2)18-8-11-24-12-9-18;1-14-4-6-19-17(10-14)18-13-24(3)9-8-20(18)25(19)12-15(2)16-5-7-21(22)23-11-16;1-15-7-8-16(12-23-15)9-11-25-19-18(13-24(4)14-21(19,2)3)17-6-5-10-22-20(17)25/h6-9,11-12,14-15H,10,13H2,1-5H3;4-7,10-12H,8-9,13H2,1-3H3;5-8,10,12H,9,11,13-14H2,1-4H3/b17-15+;15-12+;. The van der Waals surface area contributed by atoms with Gasteiger partial charge in [0.2, 0.25) is 5.95 Å². The van der Waals surface area contributed by atoms with E-state index >= 15 is 0 Å².